The standard InChI is InChI=1S/C30H42FN5O6/c1-5-30(40,21-11-12-23(31)25(16-21)41-18-20-9-10-20)19-36-22(17-32-34-36)8-6-7-15-35(28(39)42-29(2,3)4)24-13-14-26(37)33-27(24)38/h11-12,16-17,20,24,40H,5-10,13-15,18-19H2,1-4H3,(H,33,37,38). The van der Waals surface area contributed by atoms with E-state index in [0.29, 0.717) is 43.8 Å². The van der Waals surface area contributed by atoms with Crippen molar-refractivity contribution >= 4 is 17.9 Å². The lowest BCUT2D eigenvalue weighted by Gasteiger charge is -2.34. The number of ether oxygens (including phenoxy) is 2. The van der Waals surface area contributed by atoms with Crippen LogP contribution >= 0.6 is 0 Å². The molecule has 1 aliphatic carbocycles. The third-order valence-electron chi connectivity index (χ3n) is 7.63. The molecule has 12 heteroatoms. The molecule has 3 amide bonds. The Morgan fingerprint density at radius 1 is 1.21 bits per heavy atom. The molecule has 1 aromatic carbocycles. The van der Waals surface area contributed by atoms with Crippen LogP contribution in [0.4, 0.5) is 9.18 Å². The van der Waals surface area contributed by atoms with Gasteiger partial charge in [-0.05, 0) is 89.3 Å². The Balaban J connectivity index is 1.38. The van der Waals surface area contributed by atoms with E-state index in [4.69, 9.17) is 9.47 Å². The number of rotatable bonds is 13. The van der Waals surface area contributed by atoms with Crippen molar-refractivity contribution in [3.8, 4) is 5.75 Å². The minimum Gasteiger partial charge on any atom is -0.490 e. The third-order valence-corrected chi connectivity index (χ3v) is 7.63. The van der Waals surface area contributed by atoms with Crippen LogP contribution in [0.15, 0.2) is 24.4 Å². The number of benzene rings is 1. The average Bonchev–Trinajstić information content (AvgIpc) is 3.65. The van der Waals surface area contributed by atoms with Crippen LogP contribution in [0.1, 0.15) is 83.9 Å². The van der Waals surface area contributed by atoms with Gasteiger partial charge >= 0.3 is 6.09 Å². The summed E-state index contributed by atoms with van der Waals surface area (Å²) in [6.07, 6.45) is 5.72. The van der Waals surface area contributed by atoms with E-state index in [1.165, 1.54) is 11.0 Å². The Bertz CT molecular complexity index is 1270. The molecule has 0 bridgehead atoms. The van der Waals surface area contributed by atoms with Gasteiger partial charge in [-0.3, -0.25) is 19.8 Å². The highest BCUT2D eigenvalue weighted by Gasteiger charge is 2.36. The summed E-state index contributed by atoms with van der Waals surface area (Å²) in [4.78, 5) is 38.5. The number of nitrogens with zero attached hydrogens (tertiary/aromatic N) is 4. The average molecular weight is 588 g/mol. The number of hydrogen-bond acceptors (Lipinski definition) is 8. The first-order valence-corrected chi connectivity index (χ1v) is 14.7. The van der Waals surface area contributed by atoms with E-state index < -0.39 is 35.1 Å². The van der Waals surface area contributed by atoms with Gasteiger partial charge in [-0.25, -0.2) is 13.9 Å². The number of nitrogens with one attached hydrogen (secondary N) is 1. The van der Waals surface area contributed by atoms with Gasteiger partial charge in [0.05, 0.1) is 25.0 Å². The molecule has 4 rings (SSSR count). The molecule has 11 nitrogen and oxygen atoms in total. The monoisotopic (exact) mass is 587 g/mol. The lowest BCUT2D eigenvalue weighted by Crippen LogP contribution is -2.55. The fourth-order valence-electron chi connectivity index (χ4n) is 4.92. The van der Waals surface area contributed by atoms with E-state index in [1.54, 1.807) is 43.8 Å². The van der Waals surface area contributed by atoms with Crippen molar-refractivity contribution in [2.45, 2.75) is 103 Å². The van der Waals surface area contributed by atoms with Gasteiger partial charge < -0.3 is 14.6 Å². The summed E-state index contributed by atoms with van der Waals surface area (Å²) < 4.78 is 27.3. The van der Waals surface area contributed by atoms with E-state index in [9.17, 15) is 23.9 Å². The first kappa shape index (κ1) is 31.4. The van der Waals surface area contributed by atoms with Gasteiger partial charge in [-0.2, -0.15) is 0 Å². The molecule has 230 valence electrons. The smallest absolute Gasteiger partial charge is 0.410 e. The second-order valence-electron chi connectivity index (χ2n) is 12.3. The lowest BCUT2D eigenvalue weighted by atomic mass is 9.90. The molecule has 2 atom stereocenters. The van der Waals surface area contributed by atoms with Gasteiger partial charge in [0.25, 0.3) is 0 Å². The van der Waals surface area contributed by atoms with Crippen molar-refractivity contribution in [1.82, 2.24) is 25.2 Å². The fourth-order valence-corrected chi connectivity index (χ4v) is 4.92. The van der Waals surface area contributed by atoms with Crippen molar-refractivity contribution in [2.24, 2.45) is 5.92 Å². The van der Waals surface area contributed by atoms with Crippen LogP contribution in [-0.2, 0) is 32.9 Å². The Morgan fingerprint density at radius 3 is 2.64 bits per heavy atom. The van der Waals surface area contributed by atoms with Gasteiger partial charge in [-0.15, -0.1) is 5.10 Å². The first-order chi connectivity index (χ1) is 19.9. The van der Waals surface area contributed by atoms with Crippen LogP contribution < -0.4 is 10.1 Å². The Labute approximate surface area is 245 Å². The van der Waals surface area contributed by atoms with Crippen molar-refractivity contribution in [3.05, 3.63) is 41.5 Å². The number of hydrogen-bond donors (Lipinski definition) is 2. The molecule has 1 aliphatic heterocycles. The normalized spacial score (nSPS) is 18.8. The highest BCUT2D eigenvalue weighted by atomic mass is 19.1. The maximum absolute atomic E-state index is 14.4. The number of aromatic nitrogens is 3. The minimum absolute atomic E-state index is 0.118. The Hall–Kier alpha value is -3.54. The van der Waals surface area contributed by atoms with Crippen LogP contribution in [0.2, 0.25) is 0 Å². The lowest BCUT2D eigenvalue weighted by molar-refractivity contribution is -0.137. The maximum Gasteiger partial charge on any atom is 0.410 e. The second kappa shape index (κ2) is 13.2. The van der Waals surface area contributed by atoms with Crippen LogP contribution in [0.3, 0.4) is 0 Å². The fraction of sp³-hybridized carbons (Fsp3) is 0.633. The minimum atomic E-state index is -1.33. The molecule has 1 aromatic heterocycles. The molecule has 0 radical (unpaired) electrons. The molecule has 2 N–H and O–H groups in total. The van der Waals surface area contributed by atoms with Crippen LogP contribution in [0.5, 0.6) is 5.75 Å². The highest BCUT2D eigenvalue weighted by molar-refractivity contribution is 6.01. The molecule has 1 saturated carbocycles. The molecule has 1 saturated heterocycles. The molecule has 0 spiro atoms. The number of piperidine rings is 1. The number of carbonyl (C=O) groups is 3. The van der Waals surface area contributed by atoms with Crippen LogP contribution in [0, 0.1) is 11.7 Å². The number of amides is 3. The number of imide groups is 1. The first-order valence-electron chi connectivity index (χ1n) is 14.7. The predicted octanol–water partition coefficient (Wildman–Crippen LogP) is 3.87. The van der Waals surface area contributed by atoms with Gasteiger partial charge in [0.1, 0.15) is 17.2 Å². The van der Waals surface area contributed by atoms with E-state index in [2.05, 4.69) is 15.6 Å². The summed E-state index contributed by atoms with van der Waals surface area (Å²) in [5.41, 5.74) is -0.735. The summed E-state index contributed by atoms with van der Waals surface area (Å²) in [7, 11) is 0. The Kier molecular flexibility index (Phi) is 9.85. The van der Waals surface area contributed by atoms with E-state index in [-0.39, 0.29) is 37.6 Å². The number of aryl methyl sites for hydroxylation is 1. The highest BCUT2D eigenvalue weighted by Crippen LogP contribution is 2.34. The van der Waals surface area contributed by atoms with E-state index >= 15 is 0 Å². The van der Waals surface area contributed by atoms with Crippen molar-refractivity contribution in [2.75, 3.05) is 13.2 Å². The van der Waals surface area contributed by atoms with Crippen molar-refractivity contribution in [3.63, 3.8) is 0 Å². The van der Waals surface area contributed by atoms with Gasteiger partial charge in [0.2, 0.25) is 11.8 Å². The van der Waals surface area contributed by atoms with E-state index in [1.807, 2.05) is 6.92 Å². The molecule has 2 aliphatic rings. The number of carbonyl (C=O) groups excluding carboxylic acids is 3. The van der Waals surface area contributed by atoms with Crippen molar-refractivity contribution < 1.29 is 33.4 Å². The predicted molar refractivity (Wildman–Crippen MR) is 151 cm³/mol. The van der Waals surface area contributed by atoms with Gasteiger partial charge in [-0.1, -0.05) is 18.2 Å². The van der Waals surface area contributed by atoms with Crippen molar-refractivity contribution in [1.29, 1.82) is 0 Å². The van der Waals surface area contributed by atoms with Crippen LogP contribution in [-0.4, -0.2) is 67.7 Å². The summed E-state index contributed by atoms with van der Waals surface area (Å²) in [5.74, 6) is -0.709. The van der Waals surface area contributed by atoms with Gasteiger partial charge in [0.15, 0.2) is 11.6 Å². The third kappa shape index (κ3) is 8.27. The zero-order valence-corrected chi connectivity index (χ0v) is 24.9. The van der Waals surface area contributed by atoms with E-state index in [0.717, 1.165) is 18.5 Å². The maximum atomic E-state index is 14.4. The molecule has 2 fully saturated rings. The summed E-state index contributed by atoms with van der Waals surface area (Å²) >= 11 is 0. The quantitative estimate of drug-likeness (QED) is 0.266. The zero-order valence-electron chi connectivity index (χ0n) is 24.9. The molecule has 2 aromatic rings. The van der Waals surface area contributed by atoms with Crippen LogP contribution in [0.25, 0.3) is 0 Å². The molecule has 2 heterocycles. The number of aliphatic hydroxyl groups is 1. The molecule has 2 unspecified atom stereocenters. The summed E-state index contributed by atoms with van der Waals surface area (Å²) in [6, 6.07) is 3.68. The SMILES string of the molecule is CCC(O)(Cn1nncc1CCCCN(C(=O)OC(C)(C)C)C1CCC(=O)NC1=O)c1ccc(F)c(OCC2CC2)c1. The largest absolute Gasteiger partial charge is 0.490 e. The van der Waals surface area contributed by atoms with Gasteiger partial charge in [0, 0.05) is 13.0 Å². The number of halogens is 1. The number of unbranched alkanes of at least 4 members (excludes halogenated alkanes) is 1. The Morgan fingerprint density at radius 2 is 1.98 bits per heavy atom. The molecule has 42 heavy (non-hydrogen) atoms. The molecular weight excluding hydrogens is 545 g/mol. The molecular formula is C30H42FN5O6. The summed E-state index contributed by atoms with van der Waals surface area (Å²) in [6.45, 7) is 7.97. The second-order valence-corrected chi connectivity index (χ2v) is 12.3. The topological polar surface area (TPSA) is 136 Å². The zero-order chi connectivity index (χ0) is 30.5. The summed E-state index contributed by atoms with van der Waals surface area (Å²) in [5, 5.41) is 22.1.